The van der Waals surface area contributed by atoms with Gasteiger partial charge in [-0.3, -0.25) is 0 Å². The molecule has 4 nitrogen and oxygen atoms in total. The Kier molecular flexibility index (Phi) is 4.17. The molecule has 1 rings (SSSR count). The van der Waals surface area contributed by atoms with Gasteiger partial charge in [-0.25, -0.2) is 4.79 Å². The van der Waals surface area contributed by atoms with Crippen molar-refractivity contribution in [1.29, 1.82) is 0 Å². The summed E-state index contributed by atoms with van der Waals surface area (Å²) in [6.07, 6.45) is 6.42. The highest BCUT2D eigenvalue weighted by atomic mass is 16.1. The summed E-state index contributed by atoms with van der Waals surface area (Å²) in [4.78, 5) is 24.3. The van der Waals surface area contributed by atoms with Crippen LogP contribution in [0.1, 0.15) is 40.0 Å². The van der Waals surface area contributed by atoms with Crippen LogP contribution in [0.25, 0.3) is 0 Å². The van der Waals surface area contributed by atoms with Crippen LogP contribution >= 0.6 is 0 Å². The molecule has 0 spiro atoms. The number of rotatable bonds is 3. The summed E-state index contributed by atoms with van der Waals surface area (Å²) in [5.74, 6) is 0.588. The van der Waals surface area contributed by atoms with Gasteiger partial charge in [0.25, 0.3) is 6.67 Å². The predicted molar refractivity (Wildman–Crippen MR) is 59.5 cm³/mol. The Bertz CT molecular complexity index is 350. The SMILES string of the molecule is CC1CC([N+](=C=O)CN=C=O)CC(C)(C)C1. The minimum atomic E-state index is 0.0838. The zero-order valence-corrected chi connectivity index (χ0v) is 10.2. The van der Waals surface area contributed by atoms with Crippen LogP contribution in [0.5, 0.6) is 0 Å². The van der Waals surface area contributed by atoms with Crippen LogP contribution < -0.4 is 0 Å². The summed E-state index contributed by atoms with van der Waals surface area (Å²) in [6.45, 7) is 6.70. The van der Waals surface area contributed by atoms with Crippen molar-refractivity contribution in [2.45, 2.75) is 46.1 Å². The molecule has 2 atom stereocenters. The van der Waals surface area contributed by atoms with Gasteiger partial charge in [0.15, 0.2) is 6.04 Å². The van der Waals surface area contributed by atoms with Crippen molar-refractivity contribution >= 4 is 12.2 Å². The Morgan fingerprint density at radius 1 is 1.38 bits per heavy atom. The summed E-state index contributed by atoms with van der Waals surface area (Å²) >= 11 is 0. The smallest absolute Gasteiger partial charge is 0.211 e. The minimum absolute atomic E-state index is 0.0838. The van der Waals surface area contributed by atoms with E-state index in [1.807, 2.05) is 6.08 Å². The predicted octanol–water partition coefficient (Wildman–Crippen LogP) is 1.84. The van der Waals surface area contributed by atoms with E-state index in [2.05, 4.69) is 25.8 Å². The van der Waals surface area contributed by atoms with Gasteiger partial charge in [-0.1, -0.05) is 20.8 Å². The van der Waals surface area contributed by atoms with Gasteiger partial charge in [-0.15, -0.1) is 9.57 Å². The maximum atomic E-state index is 10.8. The van der Waals surface area contributed by atoms with Gasteiger partial charge in [0.1, 0.15) is 0 Å². The molecular weight excluding hydrogens is 204 g/mol. The molecule has 88 valence electrons. The first-order chi connectivity index (χ1) is 7.48. The Hall–Kier alpha value is -1.24. The zero-order chi connectivity index (χ0) is 12.2. The fourth-order valence-corrected chi connectivity index (χ4v) is 2.86. The summed E-state index contributed by atoms with van der Waals surface area (Å²) in [5, 5.41) is 0. The van der Waals surface area contributed by atoms with E-state index < -0.39 is 0 Å². The van der Waals surface area contributed by atoms with Crippen molar-refractivity contribution in [2.75, 3.05) is 6.67 Å². The molecule has 0 amide bonds. The molecule has 0 radical (unpaired) electrons. The molecule has 0 aliphatic heterocycles. The molecule has 0 N–H and O–H groups in total. The molecule has 0 aromatic heterocycles. The molecule has 0 aromatic carbocycles. The average molecular weight is 223 g/mol. The van der Waals surface area contributed by atoms with E-state index in [0.29, 0.717) is 5.92 Å². The first-order valence-electron chi connectivity index (χ1n) is 5.66. The first-order valence-corrected chi connectivity index (χ1v) is 5.66. The second kappa shape index (κ2) is 5.20. The molecule has 0 heterocycles. The molecule has 0 aromatic rings. The number of aliphatic imine (C=N–C) groups is 1. The maximum Gasteiger partial charge on any atom is 0.426 e. The molecule has 2 unspecified atom stereocenters. The number of hydrogen-bond acceptors (Lipinski definition) is 3. The van der Waals surface area contributed by atoms with E-state index in [-0.39, 0.29) is 18.1 Å². The summed E-state index contributed by atoms with van der Waals surface area (Å²) in [7, 11) is 0. The van der Waals surface area contributed by atoms with E-state index in [0.717, 1.165) is 12.8 Å². The lowest BCUT2D eigenvalue weighted by Gasteiger charge is -2.35. The van der Waals surface area contributed by atoms with Gasteiger partial charge in [0, 0.05) is 12.8 Å². The van der Waals surface area contributed by atoms with E-state index in [1.54, 1.807) is 0 Å². The third kappa shape index (κ3) is 3.41. The van der Waals surface area contributed by atoms with Gasteiger partial charge in [-0.05, 0) is 17.8 Å². The lowest BCUT2D eigenvalue weighted by Crippen LogP contribution is -2.38. The molecule has 1 fully saturated rings. The Morgan fingerprint density at radius 2 is 2.06 bits per heavy atom. The van der Waals surface area contributed by atoms with Crippen LogP contribution in [0.4, 0.5) is 0 Å². The normalized spacial score (nSPS) is 27.7. The maximum absolute atomic E-state index is 10.8. The quantitative estimate of drug-likeness (QED) is 0.416. The monoisotopic (exact) mass is 223 g/mol. The topological polar surface area (TPSA) is 49.5 Å². The summed E-state index contributed by atoms with van der Waals surface area (Å²) < 4.78 is 1.49. The van der Waals surface area contributed by atoms with Crippen LogP contribution in [0.2, 0.25) is 0 Å². The third-order valence-electron chi connectivity index (χ3n) is 3.21. The average Bonchev–Trinajstić information content (AvgIpc) is 2.15. The number of nitrogens with zero attached hydrogens (tertiary/aromatic N) is 2. The molecule has 0 saturated heterocycles. The van der Waals surface area contributed by atoms with Gasteiger partial charge < -0.3 is 0 Å². The molecule has 16 heavy (non-hydrogen) atoms. The lowest BCUT2D eigenvalue weighted by atomic mass is 9.70. The van der Waals surface area contributed by atoms with Crippen molar-refractivity contribution < 1.29 is 14.2 Å². The fraction of sp³-hybridized carbons (Fsp3) is 0.833. The van der Waals surface area contributed by atoms with Crippen LogP contribution in [0.3, 0.4) is 0 Å². The molecule has 4 heteroatoms. The van der Waals surface area contributed by atoms with E-state index in [9.17, 15) is 9.59 Å². The number of carbonyl (C=O) groups excluding carboxylic acids is 2. The number of hydrogen-bond donors (Lipinski definition) is 0. The molecule has 0 bridgehead atoms. The van der Waals surface area contributed by atoms with Crippen LogP contribution in [-0.4, -0.2) is 29.4 Å². The van der Waals surface area contributed by atoms with E-state index in [4.69, 9.17) is 0 Å². The minimum Gasteiger partial charge on any atom is -0.211 e. The van der Waals surface area contributed by atoms with E-state index >= 15 is 0 Å². The van der Waals surface area contributed by atoms with Gasteiger partial charge >= 0.3 is 6.08 Å². The van der Waals surface area contributed by atoms with Crippen molar-refractivity contribution in [3.05, 3.63) is 0 Å². The van der Waals surface area contributed by atoms with Crippen molar-refractivity contribution in [1.82, 2.24) is 0 Å². The highest BCUT2D eigenvalue weighted by molar-refractivity contribution is 5.32. The molecule has 1 saturated carbocycles. The summed E-state index contributed by atoms with van der Waals surface area (Å²) in [6, 6.07) is 0.147. The van der Waals surface area contributed by atoms with E-state index in [1.165, 1.54) is 17.1 Å². The van der Waals surface area contributed by atoms with Crippen molar-refractivity contribution in [2.24, 2.45) is 16.3 Å². The van der Waals surface area contributed by atoms with Crippen LogP contribution in [-0.2, 0) is 9.59 Å². The van der Waals surface area contributed by atoms with Gasteiger partial charge in [0.05, 0.1) is 0 Å². The standard InChI is InChI=1S/C12H19N2O2/c1-10-4-11(6-12(2,3)5-10)14(9-16)7-13-8-15/h10-11H,4-7H2,1-3H3/q+1. The molecule has 1 aliphatic carbocycles. The van der Waals surface area contributed by atoms with Gasteiger partial charge in [-0.2, -0.15) is 4.79 Å². The Labute approximate surface area is 96.1 Å². The zero-order valence-electron chi connectivity index (χ0n) is 10.2. The van der Waals surface area contributed by atoms with Crippen LogP contribution in [0, 0.1) is 11.3 Å². The van der Waals surface area contributed by atoms with Crippen LogP contribution in [0.15, 0.2) is 4.99 Å². The van der Waals surface area contributed by atoms with Gasteiger partial charge in [0.2, 0.25) is 6.08 Å². The fourth-order valence-electron chi connectivity index (χ4n) is 2.86. The summed E-state index contributed by atoms with van der Waals surface area (Å²) in [5.41, 5.74) is 0.238. The second-order valence-corrected chi connectivity index (χ2v) is 5.52. The largest absolute Gasteiger partial charge is 0.426 e. The molecule has 1 aliphatic rings. The Morgan fingerprint density at radius 3 is 2.56 bits per heavy atom. The highest BCUT2D eigenvalue weighted by Gasteiger charge is 2.38. The first kappa shape index (κ1) is 12.8. The highest BCUT2D eigenvalue weighted by Crippen LogP contribution is 2.39. The lowest BCUT2D eigenvalue weighted by molar-refractivity contribution is -0.569. The Balaban J connectivity index is 2.78. The van der Waals surface area contributed by atoms with Crippen molar-refractivity contribution in [3.8, 4) is 0 Å². The molecular formula is C12H19N2O2+. The third-order valence-corrected chi connectivity index (χ3v) is 3.21. The second-order valence-electron chi connectivity index (χ2n) is 5.52. The van der Waals surface area contributed by atoms with Crippen molar-refractivity contribution in [3.63, 3.8) is 0 Å². The number of isocyanates is 2.